The van der Waals surface area contributed by atoms with Crippen molar-refractivity contribution in [1.82, 2.24) is 4.98 Å². The van der Waals surface area contributed by atoms with E-state index in [0.717, 1.165) is 0 Å². The van der Waals surface area contributed by atoms with Crippen molar-refractivity contribution in [2.75, 3.05) is 0 Å². The van der Waals surface area contributed by atoms with Crippen LogP contribution in [0.5, 0.6) is 0 Å². The molecular weight excluding hydrogens is 232 g/mol. The number of halogens is 1. The van der Waals surface area contributed by atoms with E-state index < -0.39 is 24.3 Å². The minimum absolute atomic E-state index is 0.113. The van der Waals surface area contributed by atoms with Crippen molar-refractivity contribution in [3.8, 4) is 12.3 Å². The van der Waals surface area contributed by atoms with Crippen LogP contribution in [-0.2, 0) is 9.31 Å². The van der Waals surface area contributed by atoms with Gasteiger partial charge in [0, 0.05) is 11.7 Å². The van der Waals surface area contributed by atoms with Gasteiger partial charge in [-0.05, 0) is 33.8 Å². The summed E-state index contributed by atoms with van der Waals surface area (Å²) >= 11 is 0. The molecule has 1 aromatic rings. The lowest BCUT2D eigenvalue weighted by Crippen LogP contribution is -2.41. The molecule has 0 N–H and O–H groups in total. The molecule has 1 saturated heterocycles. The molecule has 2 heterocycles. The molecule has 5 heteroatoms. The first kappa shape index (κ1) is 13.1. The SMILES string of the molecule is C#Cc1cc(B2OC(C)(C)C(C)(C)O2)cnc1F. The van der Waals surface area contributed by atoms with Crippen molar-refractivity contribution in [2.24, 2.45) is 0 Å². The summed E-state index contributed by atoms with van der Waals surface area (Å²) in [4.78, 5) is 3.62. The highest BCUT2D eigenvalue weighted by atomic mass is 19.1. The van der Waals surface area contributed by atoms with Gasteiger partial charge in [0.2, 0.25) is 5.95 Å². The van der Waals surface area contributed by atoms with Gasteiger partial charge in [-0.2, -0.15) is 4.39 Å². The van der Waals surface area contributed by atoms with E-state index in [1.54, 1.807) is 0 Å². The summed E-state index contributed by atoms with van der Waals surface area (Å²) in [6.07, 6.45) is 6.60. The first-order chi connectivity index (χ1) is 8.27. The fourth-order valence-corrected chi connectivity index (χ4v) is 1.67. The first-order valence-corrected chi connectivity index (χ1v) is 5.74. The average Bonchev–Trinajstić information content (AvgIpc) is 2.49. The number of hydrogen-bond donors (Lipinski definition) is 0. The molecule has 2 rings (SSSR count). The molecular formula is C13H15BFNO2. The van der Waals surface area contributed by atoms with Gasteiger partial charge in [0.05, 0.1) is 16.8 Å². The van der Waals surface area contributed by atoms with E-state index in [1.165, 1.54) is 12.3 Å². The summed E-state index contributed by atoms with van der Waals surface area (Å²) in [6, 6.07) is 1.53. The normalized spacial score (nSPS) is 20.8. The zero-order valence-electron chi connectivity index (χ0n) is 11.0. The van der Waals surface area contributed by atoms with Crippen LogP contribution in [0, 0.1) is 18.3 Å². The summed E-state index contributed by atoms with van der Waals surface area (Å²) < 4.78 is 24.9. The Balaban J connectivity index is 2.33. The lowest BCUT2D eigenvalue weighted by atomic mass is 9.80. The van der Waals surface area contributed by atoms with Crippen molar-refractivity contribution < 1.29 is 13.7 Å². The van der Waals surface area contributed by atoms with Crippen LogP contribution in [0.15, 0.2) is 12.3 Å². The summed E-state index contributed by atoms with van der Waals surface area (Å²) in [5, 5.41) is 0. The molecule has 94 valence electrons. The van der Waals surface area contributed by atoms with Crippen LogP contribution >= 0.6 is 0 Å². The Morgan fingerprint density at radius 1 is 1.28 bits per heavy atom. The summed E-state index contributed by atoms with van der Waals surface area (Å²) in [5.41, 5.74) is -0.143. The van der Waals surface area contributed by atoms with E-state index in [-0.39, 0.29) is 5.56 Å². The van der Waals surface area contributed by atoms with Crippen LogP contribution in [0.1, 0.15) is 33.3 Å². The van der Waals surface area contributed by atoms with Gasteiger partial charge in [0.1, 0.15) is 0 Å². The van der Waals surface area contributed by atoms with E-state index in [0.29, 0.717) is 5.46 Å². The Morgan fingerprint density at radius 2 is 1.83 bits per heavy atom. The van der Waals surface area contributed by atoms with Crippen molar-refractivity contribution in [1.29, 1.82) is 0 Å². The van der Waals surface area contributed by atoms with Gasteiger partial charge < -0.3 is 9.31 Å². The van der Waals surface area contributed by atoms with E-state index >= 15 is 0 Å². The van der Waals surface area contributed by atoms with Crippen LogP contribution in [-0.4, -0.2) is 23.3 Å². The number of hydrogen-bond acceptors (Lipinski definition) is 3. The van der Waals surface area contributed by atoms with Crippen molar-refractivity contribution in [2.45, 2.75) is 38.9 Å². The predicted molar refractivity (Wildman–Crippen MR) is 67.8 cm³/mol. The average molecular weight is 247 g/mol. The molecule has 0 spiro atoms. The van der Waals surface area contributed by atoms with Crippen LogP contribution in [0.3, 0.4) is 0 Å². The van der Waals surface area contributed by atoms with E-state index in [4.69, 9.17) is 15.7 Å². The van der Waals surface area contributed by atoms with Gasteiger partial charge in [-0.25, -0.2) is 4.98 Å². The molecule has 18 heavy (non-hydrogen) atoms. The minimum Gasteiger partial charge on any atom is -0.399 e. The van der Waals surface area contributed by atoms with E-state index in [1.807, 2.05) is 27.7 Å². The topological polar surface area (TPSA) is 31.4 Å². The fraction of sp³-hybridized carbons (Fsp3) is 0.462. The van der Waals surface area contributed by atoms with E-state index in [9.17, 15) is 4.39 Å². The van der Waals surface area contributed by atoms with Crippen LogP contribution in [0.2, 0.25) is 0 Å². The van der Waals surface area contributed by atoms with Gasteiger partial charge in [-0.3, -0.25) is 0 Å². The molecule has 0 aromatic carbocycles. The zero-order valence-corrected chi connectivity index (χ0v) is 11.0. The van der Waals surface area contributed by atoms with Crippen LogP contribution in [0.4, 0.5) is 4.39 Å². The highest BCUT2D eigenvalue weighted by Gasteiger charge is 2.51. The Hall–Kier alpha value is -1.38. The summed E-state index contributed by atoms with van der Waals surface area (Å²) in [6.45, 7) is 7.80. The molecule has 1 aliphatic rings. The largest absolute Gasteiger partial charge is 0.496 e. The number of pyridine rings is 1. The predicted octanol–water partition coefficient (Wildman–Crippen LogP) is 1.50. The van der Waals surface area contributed by atoms with Gasteiger partial charge in [0.25, 0.3) is 0 Å². The first-order valence-electron chi connectivity index (χ1n) is 5.74. The van der Waals surface area contributed by atoms with Crippen LogP contribution in [0.25, 0.3) is 0 Å². The Bertz CT molecular complexity index is 506. The van der Waals surface area contributed by atoms with Crippen molar-refractivity contribution in [3.05, 3.63) is 23.8 Å². The third kappa shape index (κ3) is 2.02. The highest BCUT2D eigenvalue weighted by Crippen LogP contribution is 2.36. The molecule has 0 aliphatic carbocycles. The third-order valence-electron chi connectivity index (χ3n) is 3.54. The molecule has 1 aliphatic heterocycles. The van der Waals surface area contributed by atoms with Gasteiger partial charge in [-0.1, -0.05) is 5.92 Å². The molecule has 3 nitrogen and oxygen atoms in total. The molecule has 0 radical (unpaired) electrons. The van der Waals surface area contributed by atoms with Crippen LogP contribution < -0.4 is 5.46 Å². The molecule has 0 unspecified atom stereocenters. The molecule has 0 amide bonds. The number of aromatic nitrogens is 1. The lowest BCUT2D eigenvalue weighted by molar-refractivity contribution is 0.00578. The van der Waals surface area contributed by atoms with Gasteiger partial charge in [0.15, 0.2) is 0 Å². The molecule has 0 atom stereocenters. The highest BCUT2D eigenvalue weighted by molar-refractivity contribution is 6.62. The Kier molecular flexibility index (Phi) is 2.96. The maximum atomic E-state index is 13.2. The standard InChI is InChI=1S/C13H15BFNO2/c1-6-9-7-10(8-16-11(9)15)14-17-12(2,3)13(4,5)18-14/h1,7-8H,2-5H3. The smallest absolute Gasteiger partial charge is 0.399 e. The molecule has 1 fully saturated rings. The monoisotopic (exact) mass is 247 g/mol. The van der Waals surface area contributed by atoms with Gasteiger partial charge >= 0.3 is 7.12 Å². The second-order valence-electron chi connectivity index (χ2n) is 5.34. The fourth-order valence-electron chi connectivity index (χ4n) is 1.67. The number of terminal acetylenes is 1. The maximum absolute atomic E-state index is 13.2. The lowest BCUT2D eigenvalue weighted by Gasteiger charge is -2.32. The second-order valence-corrected chi connectivity index (χ2v) is 5.34. The van der Waals surface area contributed by atoms with E-state index in [2.05, 4.69) is 10.9 Å². The molecule has 0 bridgehead atoms. The van der Waals surface area contributed by atoms with Gasteiger partial charge in [-0.15, -0.1) is 6.42 Å². The second kappa shape index (κ2) is 4.08. The number of nitrogens with zero attached hydrogens (tertiary/aromatic N) is 1. The summed E-state index contributed by atoms with van der Waals surface area (Å²) in [7, 11) is -0.574. The van der Waals surface area contributed by atoms with Crippen molar-refractivity contribution >= 4 is 12.6 Å². The maximum Gasteiger partial charge on any atom is 0.496 e. The minimum atomic E-state index is -0.655. The molecule has 1 aromatic heterocycles. The van der Waals surface area contributed by atoms with Crippen molar-refractivity contribution in [3.63, 3.8) is 0 Å². The number of rotatable bonds is 1. The zero-order chi connectivity index (χ0) is 13.6. The molecule has 0 saturated carbocycles. The third-order valence-corrected chi connectivity index (χ3v) is 3.54. The quantitative estimate of drug-likeness (QED) is 0.428. The Labute approximate surface area is 107 Å². The summed E-state index contributed by atoms with van der Waals surface area (Å²) in [5.74, 6) is 1.60. The Morgan fingerprint density at radius 3 is 2.33 bits per heavy atom.